The standard InChI is InChI=1S/C59H102O6/c1-4-7-10-13-16-19-22-25-28-31-34-37-40-43-46-49-52-58(61)64-55-56(54-63-57(60)51-48-45-42-39-36-33-30-27-24-21-18-15-12-9-6-3)65-59(62)53-50-47-44-41-38-35-32-29-26-23-20-17-14-11-8-5-2/h7,10,16,18-19,21,24-25,27-29,32,56H,4-6,8-9,11-15,17,20,22-23,26,30-31,33-55H2,1-3H3/b10-7-,19-16-,21-18-,27-24-,28-25-,32-29-. The molecule has 0 rings (SSSR count). The molecule has 1 atom stereocenters. The van der Waals surface area contributed by atoms with Crippen LogP contribution in [0, 0.1) is 0 Å². The number of ether oxygens (including phenoxy) is 3. The molecular formula is C59H102O6. The summed E-state index contributed by atoms with van der Waals surface area (Å²) in [6.07, 6.45) is 67.4. The van der Waals surface area contributed by atoms with Crippen molar-refractivity contribution >= 4 is 17.9 Å². The van der Waals surface area contributed by atoms with Gasteiger partial charge in [0.15, 0.2) is 6.10 Å². The first-order valence-corrected chi connectivity index (χ1v) is 27.5. The molecule has 6 nitrogen and oxygen atoms in total. The Morgan fingerprint density at radius 3 is 1.08 bits per heavy atom. The van der Waals surface area contributed by atoms with E-state index < -0.39 is 6.10 Å². The number of esters is 3. The first kappa shape index (κ1) is 61.9. The molecule has 0 aliphatic rings. The van der Waals surface area contributed by atoms with Gasteiger partial charge in [-0.2, -0.15) is 0 Å². The van der Waals surface area contributed by atoms with Crippen LogP contribution in [0.5, 0.6) is 0 Å². The molecule has 65 heavy (non-hydrogen) atoms. The first-order valence-electron chi connectivity index (χ1n) is 27.5. The predicted octanol–water partition coefficient (Wildman–Crippen LogP) is 18.2. The third-order valence-electron chi connectivity index (χ3n) is 11.7. The highest BCUT2D eigenvalue weighted by atomic mass is 16.6. The van der Waals surface area contributed by atoms with E-state index in [0.29, 0.717) is 19.3 Å². The number of carbonyl (C=O) groups is 3. The van der Waals surface area contributed by atoms with E-state index in [2.05, 4.69) is 93.7 Å². The zero-order valence-corrected chi connectivity index (χ0v) is 42.7. The van der Waals surface area contributed by atoms with Crippen molar-refractivity contribution in [3.05, 3.63) is 72.9 Å². The molecular weight excluding hydrogens is 805 g/mol. The molecule has 0 saturated carbocycles. The minimum atomic E-state index is -0.790. The van der Waals surface area contributed by atoms with Crippen LogP contribution in [0.1, 0.15) is 265 Å². The van der Waals surface area contributed by atoms with Crippen LogP contribution in [-0.2, 0) is 28.6 Å². The molecule has 0 amide bonds. The lowest BCUT2D eigenvalue weighted by Crippen LogP contribution is -2.30. The molecule has 1 unspecified atom stereocenters. The first-order chi connectivity index (χ1) is 32.0. The van der Waals surface area contributed by atoms with Gasteiger partial charge in [0.25, 0.3) is 0 Å². The van der Waals surface area contributed by atoms with Gasteiger partial charge in [-0.05, 0) is 103 Å². The van der Waals surface area contributed by atoms with Crippen LogP contribution < -0.4 is 0 Å². The van der Waals surface area contributed by atoms with Gasteiger partial charge in [0.1, 0.15) is 13.2 Å². The summed E-state index contributed by atoms with van der Waals surface area (Å²) in [5.74, 6) is -0.916. The maximum atomic E-state index is 12.8. The number of hydrogen-bond acceptors (Lipinski definition) is 6. The molecule has 374 valence electrons. The van der Waals surface area contributed by atoms with Crippen molar-refractivity contribution in [2.45, 2.75) is 271 Å². The number of allylic oxidation sites excluding steroid dienone is 12. The summed E-state index contributed by atoms with van der Waals surface area (Å²) in [5.41, 5.74) is 0. The largest absolute Gasteiger partial charge is 0.462 e. The summed E-state index contributed by atoms with van der Waals surface area (Å²) < 4.78 is 16.8. The van der Waals surface area contributed by atoms with E-state index in [1.807, 2.05) is 0 Å². The Balaban J connectivity index is 4.43. The fraction of sp³-hybridized carbons (Fsp3) is 0.746. The highest BCUT2D eigenvalue weighted by Gasteiger charge is 2.19. The van der Waals surface area contributed by atoms with E-state index in [1.54, 1.807) is 0 Å². The highest BCUT2D eigenvalue weighted by molar-refractivity contribution is 5.71. The van der Waals surface area contributed by atoms with Crippen LogP contribution >= 0.6 is 0 Å². The summed E-state index contributed by atoms with van der Waals surface area (Å²) in [6, 6.07) is 0. The van der Waals surface area contributed by atoms with Crippen LogP contribution in [0.4, 0.5) is 0 Å². The Bertz CT molecular complexity index is 1230. The highest BCUT2D eigenvalue weighted by Crippen LogP contribution is 2.14. The third-order valence-corrected chi connectivity index (χ3v) is 11.7. The van der Waals surface area contributed by atoms with Crippen molar-refractivity contribution in [1.29, 1.82) is 0 Å². The molecule has 0 aromatic heterocycles. The maximum absolute atomic E-state index is 12.8. The predicted molar refractivity (Wildman–Crippen MR) is 279 cm³/mol. The maximum Gasteiger partial charge on any atom is 0.306 e. The molecule has 6 heteroatoms. The second kappa shape index (κ2) is 53.5. The van der Waals surface area contributed by atoms with Crippen molar-refractivity contribution in [3.63, 3.8) is 0 Å². The van der Waals surface area contributed by atoms with Crippen LogP contribution in [0.3, 0.4) is 0 Å². The molecule has 0 spiro atoms. The zero-order valence-electron chi connectivity index (χ0n) is 42.7. The fourth-order valence-electron chi connectivity index (χ4n) is 7.56. The Labute approximate surface area is 402 Å². The van der Waals surface area contributed by atoms with Crippen LogP contribution in [0.15, 0.2) is 72.9 Å². The van der Waals surface area contributed by atoms with Gasteiger partial charge in [-0.15, -0.1) is 0 Å². The van der Waals surface area contributed by atoms with E-state index in [1.165, 1.54) is 122 Å². The molecule has 0 heterocycles. The summed E-state index contributed by atoms with van der Waals surface area (Å²) in [7, 11) is 0. The van der Waals surface area contributed by atoms with Crippen molar-refractivity contribution in [2.75, 3.05) is 13.2 Å². The minimum Gasteiger partial charge on any atom is -0.462 e. The van der Waals surface area contributed by atoms with E-state index in [-0.39, 0.29) is 31.1 Å². The lowest BCUT2D eigenvalue weighted by atomic mass is 10.1. The summed E-state index contributed by atoms with van der Waals surface area (Å²) in [5, 5.41) is 0. The molecule has 0 aliphatic heterocycles. The zero-order chi connectivity index (χ0) is 47.2. The monoisotopic (exact) mass is 907 g/mol. The molecule has 0 saturated heterocycles. The Kier molecular flexibility index (Phi) is 50.9. The average Bonchev–Trinajstić information content (AvgIpc) is 3.30. The van der Waals surface area contributed by atoms with Gasteiger partial charge in [-0.1, -0.05) is 216 Å². The van der Waals surface area contributed by atoms with Gasteiger partial charge in [0, 0.05) is 19.3 Å². The van der Waals surface area contributed by atoms with Gasteiger partial charge < -0.3 is 14.2 Å². The third kappa shape index (κ3) is 51.7. The smallest absolute Gasteiger partial charge is 0.306 e. The van der Waals surface area contributed by atoms with Gasteiger partial charge in [-0.25, -0.2) is 0 Å². The van der Waals surface area contributed by atoms with Crippen LogP contribution in [-0.4, -0.2) is 37.2 Å². The Hall–Kier alpha value is -3.15. The topological polar surface area (TPSA) is 78.9 Å². The quantitative estimate of drug-likeness (QED) is 0.0199. The van der Waals surface area contributed by atoms with Crippen molar-refractivity contribution < 1.29 is 28.6 Å². The summed E-state index contributed by atoms with van der Waals surface area (Å²) >= 11 is 0. The lowest BCUT2D eigenvalue weighted by molar-refractivity contribution is -0.167. The number of carbonyl (C=O) groups excluding carboxylic acids is 3. The van der Waals surface area contributed by atoms with Crippen molar-refractivity contribution in [2.24, 2.45) is 0 Å². The SMILES string of the molecule is CC/C=C\C/C=C\C/C=C\CCCCCCCCC(=O)OCC(COC(=O)CCCCCCCC/C=C\C=C/CCCCC)OC(=O)CCCCCCC/C=C\CCCCCCCCC. The van der Waals surface area contributed by atoms with Crippen LogP contribution in [0.2, 0.25) is 0 Å². The molecule has 0 radical (unpaired) electrons. The van der Waals surface area contributed by atoms with Gasteiger partial charge in [0.05, 0.1) is 0 Å². The Morgan fingerprint density at radius 1 is 0.338 bits per heavy atom. The summed E-state index contributed by atoms with van der Waals surface area (Å²) in [6.45, 7) is 6.48. The molecule has 0 fully saturated rings. The van der Waals surface area contributed by atoms with Gasteiger partial charge >= 0.3 is 17.9 Å². The molecule has 0 aliphatic carbocycles. The fourth-order valence-corrected chi connectivity index (χ4v) is 7.56. The number of unbranched alkanes of at least 4 members (excludes halogenated alkanes) is 27. The van der Waals surface area contributed by atoms with Crippen LogP contribution in [0.25, 0.3) is 0 Å². The molecule has 0 aromatic carbocycles. The van der Waals surface area contributed by atoms with Gasteiger partial charge in [-0.3, -0.25) is 14.4 Å². The second-order valence-corrected chi connectivity index (χ2v) is 18.1. The number of hydrogen-bond donors (Lipinski definition) is 0. The molecule has 0 N–H and O–H groups in total. The van der Waals surface area contributed by atoms with E-state index >= 15 is 0 Å². The van der Waals surface area contributed by atoms with E-state index in [9.17, 15) is 14.4 Å². The van der Waals surface area contributed by atoms with Gasteiger partial charge in [0.2, 0.25) is 0 Å². The summed E-state index contributed by atoms with van der Waals surface area (Å²) in [4.78, 5) is 38.1. The minimum absolute atomic E-state index is 0.0890. The molecule has 0 bridgehead atoms. The lowest BCUT2D eigenvalue weighted by Gasteiger charge is -2.18. The average molecular weight is 907 g/mol. The number of rotatable bonds is 49. The normalized spacial score (nSPS) is 12.6. The van der Waals surface area contributed by atoms with Crippen molar-refractivity contribution in [1.82, 2.24) is 0 Å². The van der Waals surface area contributed by atoms with Crippen molar-refractivity contribution in [3.8, 4) is 0 Å². The van der Waals surface area contributed by atoms with E-state index in [0.717, 1.165) is 103 Å². The van der Waals surface area contributed by atoms with E-state index in [4.69, 9.17) is 14.2 Å². The second-order valence-electron chi connectivity index (χ2n) is 18.1. The molecule has 0 aromatic rings. The Morgan fingerprint density at radius 2 is 0.646 bits per heavy atom.